The van der Waals surface area contributed by atoms with Crippen LogP contribution in [0.2, 0.25) is 0 Å². The topological polar surface area (TPSA) is 85.5 Å². The summed E-state index contributed by atoms with van der Waals surface area (Å²) in [6.45, 7) is 2.43. The van der Waals surface area contributed by atoms with Gasteiger partial charge in [-0.05, 0) is 31.2 Å². The van der Waals surface area contributed by atoms with Crippen LogP contribution in [0.5, 0.6) is 17.2 Å². The first-order valence-corrected chi connectivity index (χ1v) is 9.42. The number of aromatic amines is 1. The Kier molecular flexibility index (Phi) is 5.12. The Hall–Kier alpha value is -3.48. The number of para-hydroxylation sites is 1. The highest BCUT2D eigenvalue weighted by molar-refractivity contribution is 5.96. The van der Waals surface area contributed by atoms with Crippen LogP contribution < -0.4 is 19.5 Å². The van der Waals surface area contributed by atoms with Gasteiger partial charge < -0.3 is 19.5 Å². The largest absolute Gasteiger partial charge is 0.497 e. The first-order valence-electron chi connectivity index (χ1n) is 9.42. The molecule has 1 amide bonds. The van der Waals surface area contributed by atoms with Crippen LogP contribution in [0.1, 0.15) is 34.1 Å². The van der Waals surface area contributed by atoms with Gasteiger partial charge in [0.2, 0.25) is 0 Å². The molecule has 4 rings (SSSR count). The van der Waals surface area contributed by atoms with Crippen molar-refractivity contribution in [1.82, 2.24) is 15.5 Å². The zero-order chi connectivity index (χ0) is 20.4. The molecule has 0 spiro atoms. The third-order valence-corrected chi connectivity index (χ3v) is 5.16. The summed E-state index contributed by atoms with van der Waals surface area (Å²) in [6.07, 6.45) is 0.715. The first-order chi connectivity index (χ1) is 14.1. The predicted molar refractivity (Wildman–Crippen MR) is 109 cm³/mol. The highest BCUT2D eigenvalue weighted by Gasteiger charge is 2.26. The van der Waals surface area contributed by atoms with Crippen molar-refractivity contribution >= 4 is 5.91 Å². The van der Waals surface area contributed by atoms with E-state index in [2.05, 4.69) is 15.5 Å². The average Bonchev–Trinajstić information content (AvgIpc) is 3.14. The van der Waals surface area contributed by atoms with Crippen molar-refractivity contribution in [2.45, 2.75) is 19.4 Å². The molecule has 7 heteroatoms. The zero-order valence-electron chi connectivity index (χ0n) is 16.6. The molecule has 1 aliphatic rings. The lowest BCUT2D eigenvalue weighted by atomic mass is 10.00. The molecular formula is C22H23N3O4. The number of fused-ring (bicyclic) bond motifs is 1. The number of rotatable bonds is 5. The third-order valence-electron chi connectivity index (χ3n) is 5.16. The standard InChI is InChI=1S/C22H23N3O4/c1-13-20(16-12-14(27-2)8-9-18(16)28-3)24-25-21(13)22(26)23-17-10-11-29-19-7-5-4-6-15(17)19/h4-9,12,17H,10-11H2,1-3H3,(H,23,26)(H,24,25)/t17-/m1/s1. The monoisotopic (exact) mass is 393 g/mol. The number of amides is 1. The van der Waals surface area contributed by atoms with Crippen LogP contribution in [-0.2, 0) is 0 Å². The molecule has 3 aromatic rings. The molecule has 1 aliphatic heterocycles. The molecule has 7 nitrogen and oxygen atoms in total. The number of hydrogen-bond acceptors (Lipinski definition) is 5. The van der Waals surface area contributed by atoms with Crippen LogP contribution in [0.3, 0.4) is 0 Å². The van der Waals surface area contributed by atoms with Crippen molar-refractivity contribution < 1.29 is 19.0 Å². The van der Waals surface area contributed by atoms with Gasteiger partial charge >= 0.3 is 0 Å². The number of carbonyl (C=O) groups is 1. The molecule has 2 heterocycles. The molecule has 150 valence electrons. The Labute approximate surface area is 169 Å². The number of hydrogen-bond donors (Lipinski definition) is 2. The van der Waals surface area contributed by atoms with Gasteiger partial charge in [0.1, 0.15) is 22.9 Å². The summed E-state index contributed by atoms with van der Waals surface area (Å²) in [5, 5.41) is 10.4. The molecule has 0 unspecified atom stereocenters. The average molecular weight is 393 g/mol. The lowest BCUT2D eigenvalue weighted by molar-refractivity contribution is 0.0919. The fourth-order valence-corrected chi connectivity index (χ4v) is 3.60. The maximum atomic E-state index is 13.0. The summed E-state index contributed by atoms with van der Waals surface area (Å²) in [5.74, 6) is 1.95. The van der Waals surface area contributed by atoms with Gasteiger partial charge in [-0.15, -0.1) is 0 Å². The van der Waals surface area contributed by atoms with E-state index < -0.39 is 0 Å². The maximum absolute atomic E-state index is 13.0. The molecule has 1 atom stereocenters. The molecule has 0 fully saturated rings. The van der Waals surface area contributed by atoms with E-state index in [0.717, 1.165) is 22.4 Å². The van der Waals surface area contributed by atoms with E-state index in [1.165, 1.54) is 0 Å². The van der Waals surface area contributed by atoms with Gasteiger partial charge in [0.05, 0.1) is 32.6 Å². The van der Waals surface area contributed by atoms with E-state index >= 15 is 0 Å². The molecule has 0 saturated heterocycles. The molecule has 0 saturated carbocycles. The SMILES string of the molecule is COc1ccc(OC)c(-c2n[nH]c(C(=O)N[C@@H]3CCOc4ccccc43)c2C)c1. The number of nitrogens with one attached hydrogen (secondary N) is 2. The number of H-pyrrole nitrogens is 1. The normalized spacial score (nSPS) is 15.2. The second-order valence-corrected chi connectivity index (χ2v) is 6.84. The van der Waals surface area contributed by atoms with Gasteiger partial charge in [-0.2, -0.15) is 5.10 Å². The van der Waals surface area contributed by atoms with Crippen molar-refractivity contribution in [1.29, 1.82) is 0 Å². The van der Waals surface area contributed by atoms with E-state index in [9.17, 15) is 4.79 Å². The van der Waals surface area contributed by atoms with Gasteiger partial charge in [-0.3, -0.25) is 9.89 Å². The Morgan fingerprint density at radius 2 is 2.03 bits per heavy atom. The van der Waals surface area contributed by atoms with Crippen molar-refractivity contribution in [3.05, 3.63) is 59.3 Å². The van der Waals surface area contributed by atoms with Crippen LogP contribution in [0.4, 0.5) is 0 Å². The van der Waals surface area contributed by atoms with Gasteiger partial charge in [0, 0.05) is 23.1 Å². The second kappa shape index (κ2) is 7.87. The number of ether oxygens (including phenoxy) is 3. The molecule has 29 heavy (non-hydrogen) atoms. The van der Waals surface area contributed by atoms with E-state index in [4.69, 9.17) is 14.2 Å². The summed E-state index contributed by atoms with van der Waals surface area (Å²) in [4.78, 5) is 13.0. The fraction of sp³-hybridized carbons (Fsp3) is 0.273. The van der Waals surface area contributed by atoms with E-state index in [1.807, 2.05) is 49.4 Å². The van der Waals surface area contributed by atoms with Gasteiger partial charge in [0.15, 0.2) is 0 Å². The van der Waals surface area contributed by atoms with Gasteiger partial charge in [-0.1, -0.05) is 18.2 Å². The van der Waals surface area contributed by atoms with Crippen LogP contribution in [0.15, 0.2) is 42.5 Å². The van der Waals surface area contributed by atoms with E-state index in [-0.39, 0.29) is 11.9 Å². The number of carbonyl (C=O) groups excluding carboxylic acids is 1. The maximum Gasteiger partial charge on any atom is 0.270 e. The molecule has 2 aromatic carbocycles. The minimum absolute atomic E-state index is 0.107. The summed E-state index contributed by atoms with van der Waals surface area (Å²) >= 11 is 0. The number of methoxy groups -OCH3 is 2. The van der Waals surface area contributed by atoms with Gasteiger partial charge in [-0.25, -0.2) is 0 Å². The molecule has 1 aromatic heterocycles. The molecular weight excluding hydrogens is 370 g/mol. The Balaban J connectivity index is 1.62. The molecule has 2 N–H and O–H groups in total. The summed E-state index contributed by atoms with van der Waals surface area (Å²) in [6, 6.07) is 13.1. The Bertz CT molecular complexity index is 1040. The minimum Gasteiger partial charge on any atom is -0.497 e. The summed E-state index contributed by atoms with van der Waals surface area (Å²) in [5.41, 5.74) is 3.57. The molecule has 0 aliphatic carbocycles. The Morgan fingerprint density at radius 3 is 2.83 bits per heavy atom. The lowest BCUT2D eigenvalue weighted by Crippen LogP contribution is -2.32. The smallest absolute Gasteiger partial charge is 0.270 e. The summed E-state index contributed by atoms with van der Waals surface area (Å²) in [7, 11) is 3.21. The predicted octanol–water partition coefficient (Wildman–Crippen LogP) is 3.66. The van der Waals surface area contributed by atoms with Crippen LogP contribution in [0.25, 0.3) is 11.3 Å². The van der Waals surface area contributed by atoms with E-state index in [1.54, 1.807) is 14.2 Å². The number of nitrogens with zero attached hydrogens (tertiary/aromatic N) is 1. The van der Waals surface area contributed by atoms with Crippen molar-refractivity contribution in [3.63, 3.8) is 0 Å². The molecule has 0 bridgehead atoms. The van der Waals surface area contributed by atoms with Crippen LogP contribution >= 0.6 is 0 Å². The summed E-state index contributed by atoms with van der Waals surface area (Å²) < 4.78 is 16.5. The van der Waals surface area contributed by atoms with Crippen molar-refractivity contribution in [2.24, 2.45) is 0 Å². The molecule has 0 radical (unpaired) electrons. The first kappa shape index (κ1) is 18.9. The Morgan fingerprint density at radius 1 is 1.21 bits per heavy atom. The van der Waals surface area contributed by atoms with Crippen molar-refractivity contribution in [3.8, 4) is 28.5 Å². The van der Waals surface area contributed by atoms with Crippen LogP contribution in [0, 0.1) is 6.92 Å². The second-order valence-electron chi connectivity index (χ2n) is 6.84. The van der Waals surface area contributed by atoms with Gasteiger partial charge in [0.25, 0.3) is 5.91 Å². The van der Waals surface area contributed by atoms with Crippen LogP contribution in [-0.4, -0.2) is 36.9 Å². The third kappa shape index (κ3) is 3.51. The fourth-order valence-electron chi connectivity index (χ4n) is 3.60. The highest BCUT2D eigenvalue weighted by atomic mass is 16.5. The number of benzene rings is 2. The highest BCUT2D eigenvalue weighted by Crippen LogP contribution is 2.35. The minimum atomic E-state index is -0.204. The lowest BCUT2D eigenvalue weighted by Gasteiger charge is -2.26. The quantitative estimate of drug-likeness (QED) is 0.691. The van der Waals surface area contributed by atoms with Crippen molar-refractivity contribution in [2.75, 3.05) is 20.8 Å². The number of aromatic nitrogens is 2. The van der Waals surface area contributed by atoms with E-state index in [0.29, 0.717) is 35.9 Å². The zero-order valence-corrected chi connectivity index (χ0v) is 16.6.